The third-order valence-corrected chi connectivity index (χ3v) is 5.43. The van der Waals surface area contributed by atoms with Crippen LogP contribution in [-0.4, -0.2) is 110 Å². The Morgan fingerprint density at radius 3 is 1.97 bits per heavy atom. The van der Waals surface area contributed by atoms with Crippen LogP contribution in [0.3, 0.4) is 0 Å². The second kappa shape index (κ2) is 10.9. The molecule has 0 radical (unpaired) electrons. The molecule has 12 nitrogen and oxygen atoms in total. The van der Waals surface area contributed by atoms with Crippen LogP contribution in [0.25, 0.3) is 0 Å². The maximum absolute atomic E-state index is 10.3. The molecule has 32 heavy (non-hydrogen) atoms. The Balaban J connectivity index is 1.65. The number of aliphatic hydroxyl groups excluding tert-OH is 7. The largest absolute Gasteiger partial charge is 0.394 e. The Hall–Kier alpha value is -1.73. The summed E-state index contributed by atoms with van der Waals surface area (Å²) in [6.45, 7) is -1.14. The highest BCUT2D eigenvalue weighted by molar-refractivity contribution is 5.22. The molecule has 2 saturated heterocycles. The van der Waals surface area contributed by atoms with Crippen molar-refractivity contribution >= 4 is 0 Å². The zero-order valence-corrected chi connectivity index (χ0v) is 16.9. The zero-order valence-electron chi connectivity index (χ0n) is 16.9. The molecule has 7 N–H and O–H groups in total. The number of ether oxygens (including phenoxy) is 4. The summed E-state index contributed by atoms with van der Waals surface area (Å²) in [7, 11) is 0. The van der Waals surface area contributed by atoms with E-state index in [2.05, 4.69) is 0 Å². The third kappa shape index (κ3) is 5.25. The number of rotatable bonds is 7. The molecule has 0 aromatic heterocycles. The highest BCUT2D eigenvalue weighted by Crippen LogP contribution is 2.28. The normalized spacial score (nSPS) is 41.1. The van der Waals surface area contributed by atoms with Crippen molar-refractivity contribution in [3.8, 4) is 6.07 Å². The molecule has 2 fully saturated rings. The van der Waals surface area contributed by atoms with Gasteiger partial charge in [-0.2, -0.15) is 5.26 Å². The van der Waals surface area contributed by atoms with Gasteiger partial charge < -0.3 is 54.7 Å². The molecule has 0 saturated carbocycles. The van der Waals surface area contributed by atoms with E-state index in [4.69, 9.17) is 18.9 Å². The Bertz CT molecular complexity index is 760. The van der Waals surface area contributed by atoms with E-state index in [9.17, 15) is 41.0 Å². The Morgan fingerprint density at radius 2 is 1.38 bits per heavy atom. The smallest absolute Gasteiger partial charge is 0.188 e. The van der Waals surface area contributed by atoms with Crippen molar-refractivity contribution in [2.75, 3.05) is 13.2 Å². The fourth-order valence-corrected chi connectivity index (χ4v) is 3.51. The lowest BCUT2D eigenvalue weighted by atomic mass is 9.98. The standard InChI is InChI=1S/C20H27NO11/c21-6-10(9-4-2-1-3-5-9)30-20-18(28)16(26)14(24)12(32-20)8-29-19-17(27)15(25)13(23)11(7-22)31-19/h1-5,10-20,22-28H,7-8H2/t10-,11+,12+,13-,14-,15-,16-,17-,18-,19+,20-/m1/s1. The van der Waals surface area contributed by atoms with Crippen molar-refractivity contribution in [1.29, 1.82) is 5.26 Å². The first-order valence-corrected chi connectivity index (χ1v) is 10.00. The van der Waals surface area contributed by atoms with Crippen molar-refractivity contribution in [2.24, 2.45) is 0 Å². The van der Waals surface area contributed by atoms with Crippen LogP contribution < -0.4 is 0 Å². The van der Waals surface area contributed by atoms with Crippen molar-refractivity contribution < 1.29 is 54.7 Å². The molecule has 0 amide bonds. The first-order chi connectivity index (χ1) is 15.3. The van der Waals surface area contributed by atoms with E-state index in [0.717, 1.165) is 0 Å². The monoisotopic (exact) mass is 457 g/mol. The Kier molecular flexibility index (Phi) is 8.50. The van der Waals surface area contributed by atoms with Gasteiger partial charge in [0.2, 0.25) is 0 Å². The minimum Gasteiger partial charge on any atom is -0.394 e. The van der Waals surface area contributed by atoms with Crippen molar-refractivity contribution in [2.45, 2.75) is 67.5 Å². The molecule has 0 aliphatic carbocycles. The number of hydrogen-bond acceptors (Lipinski definition) is 12. The van der Waals surface area contributed by atoms with E-state index in [1.165, 1.54) is 0 Å². The molecule has 1 aromatic rings. The van der Waals surface area contributed by atoms with Crippen LogP contribution in [0.2, 0.25) is 0 Å². The summed E-state index contributed by atoms with van der Waals surface area (Å²) >= 11 is 0. The van der Waals surface area contributed by atoms with Crippen molar-refractivity contribution in [1.82, 2.24) is 0 Å². The Labute approximate surface area is 183 Å². The number of benzene rings is 1. The van der Waals surface area contributed by atoms with E-state index in [-0.39, 0.29) is 0 Å². The lowest BCUT2D eigenvalue weighted by molar-refractivity contribution is -0.334. The van der Waals surface area contributed by atoms with Gasteiger partial charge in [-0.3, -0.25) is 0 Å². The molecule has 3 rings (SSSR count). The van der Waals surface area contributed by atoms with Gasteiger partial charge in [-0.05, 0) is 5.56 Å². The fourth-order valence-electron chi connectivity index (χ4n) is 3.51. The number of aliphatic hydroxyl groups is 7. The van der Waals surface area contributed by atoms with Gasteiger partial charge in [0.05, 0.1) is 19.3 Å². The second-order valence-electron chi connectivity index (χ2n) is 7.60. The lowest BCUT2D eigenvalue weighted by Gasteiger charge is -2.43. The maximum Gasteiger partial charge on any atom is 0.188 e. The first kappa shape index (κ1) is 24.9. The van der Waals surface area contributed by atoms with E-state index < -0.39 is 80.7 Å². The van der Waals surface area contributed by atoms with Gasteiger partial charge in [0.15, 0.2) is 18.7 Å². The topological polar surface area (TPSA) is 202 Å². The van der Waals surface area contributed by atoms with Gasteiger partial charge in [-0.1, -0.05) is 30.3 Å². The summed E-state index contributed by atoms with van der Waals surface area (Å²) in [4.78, 5) is 0. The minimum atomic E-state index is -1.70. The summed E-state index contributed by atoms with van der Waals surface area (Å²) in [5, 5.41) is 79.1. The maximum atomic E-state index is 10.3. The highest BCUT2D eigenvalue weighted by Gasteiger charge is 2.48. The summed E-state index contributed by atoms with van der Waals surface area (Å²) in [5.74, 6) is 0. The molecule has 2 aliphatic rings. The molecular weight excluding hydrogens is 430 g/mol. The van der Waals surface area contributed by atoms with Crippen LogP contribution >= 0.6 is 0 Å². The summed E-state index contributed by atoms with van der Waals surface area (Å²) in [6, 6.07) is 10.3. The van der Waals surface area contributed by atoms with E-state index in [1.54, 1.807) is 30.3 Å². The summed E-state index contributed by atoms with van der Waals surface area (Å²) < 4.78 is 21.6. The van der Waals surface area contributed by atoms with Gasteiger partial charge in [0, 0.05) is 0 Å². The van der Waals surface area contributed by atoms with Crippen LogP contribution in [0.1, 0.15) is 11.7 Å². The predicted molar refractivity (Wildman–Crippen MR) is 102 cm³/mol. The lowest BCUT2D eigenvalue weighted by Crippen LogP contribution is -2.61. The molecule has 0 spiro atoms. The van der Waals surface area contributed by atoms with Gasteiger partial charge in [0.25, 0.3) is 0 Å². The highest BCUT2D eigenvalue weighted by atomic mass is 16.7. The second-order valence-corrected chi connectivity index (χ2v) is 7.60. The molecule has 2 aliphatic heterocycles. The summed E-state index contributed by atoms with van der Waals surface area (Å²) in [5.41, 5.74) is 0.487. The van der Waals surface area contributed by atoms with Crippen LogP contribution in [0.4, 0.5) is 0 Å². The number of nitrogens with zero attached hydrogens (tertiary/aromatic N) is 1. The molecule has 11 atom stereocenters. The molecule has 12 heteroatoms. The van der Waals surface area contributed by atoms with Gasteiger partial charge >= 0.3 is 0 Å². The minimum absolute atomic E-state index is 0.487. The third-order valence-electron chi connectivity index (χ3n) is 5.43. The van der Waals surface area contributed by atoms with Crippen molar-refractivity contribution in [3.05, 3.63) is 35.9 Å². The van der Waals surface area contributed by atoms with Gasteiger partial charge in [-0.15, -0.1) is 0 Å². The molecule has 0 unspecified atom stereocenters. The van der Waals surface area contributed by atoms with E-state index >= 15 is 0 Å². The number of nitriles is 1. The molecule has 178 valence electrons. The molecule has 1 aromatic carbocycles. The van der Waals surface area contributed by atoms with Gasteiger partial charge in [0.1, 0.15) is 48.8 Å². The predicted octanol–water partition coefficient (Wildman–Crippen LogP) is -3.11. The average Bonchev–Trinajstić information content (AvgIpc) is 2.81. The zero-order chi connectivity index (χ0) is 23.4. The quantitative estimate of drug-likeness (QED) is 0.218. The van der Waals surface area contributed by atoms with Crippen molar-refractivity contribution in [3.63, 3.8) is 0 Å². The van der Waals surface area contributed by atoms with Gasteiger partial charge in [-0.25, -0.2) is 0 Å². The molecule has 0 bridgehead atoms. The van der Waals surface area contributed by atoms with Crippen LogP contribution in [-0.2, 0) is 18.9 Å². The average molecular weight is 457 g/mol. The number of hydrogen-bond donors (Lipinski definition) is 7. The molecule has 2 heterocycles. The van der Waals surface area contributed by atoms with Crippen LogP contribution in [0.5, 0.6) is 0 Å². The molecular formula is C20H27NO11. The SMILES string of the molecule is N#C[C@@H](O[C@@H]1O[C@@H](CO[C@H]2O[C@@H](CO)[C@@H](O)[C@@H](O)[C@H]2O)[C@@H](O)[C@@H](O)[C@H]1O)c1ccccc1. The fraction of sp³-hybridized carbons (Fsp3) is 0.650. The van der Waals surface area contributed by atoms with Crippen LogP contribution in [0, 0.1) is 11.3 Å². The van der Waals surface area contributed by atoms with E-state index in [1.807, 2.05) is 6.07 Å². The summed E-state index contributed by atoms with van der Waals surface area (Å²) in [6.07, 6.45) is -16.5. The Morgan fingerprint density at radius 1 is 0.812 bits per heavy atom. The van der Waals surface area contributed by atoms with E-state index in [0.29, 0.717) is 5.56 Å². The van der Waals surface area contributed by atoms with Crippen LogP contribution in [0.15, 0.2) is 30.3 Å². The first-order valence-electron chi connectivity index (χ1n) is 10.00.